The van der Waals surface area contributed by atoms with Crippen LogP contribution in [0.4, 0.5) is 0 Å². The summed E-state index contributed by atoms with van der Waals surface area (Å²) in [5.74, 6) is 1.67. The number of hydrogen-bond acceptors (Lipinski definition) is 6. The standard InChI is InChI=1S/C20H25N5O2/c1-2-25-11-16(9-23-25)10-24-12-18-17(14-27-19(18)13-24)5-6-26-20-4-3-15(7-21)8-22-20/h3-4,8-9,11,17-19H,2,5-6,10,12-14H2,1H3/t17-,18-,19-/m0/s1. The van der Waals surface area contributed by atoms with E-state index >= 15 is 0 Å². The van der Waals surface area contributed by atoms with Crippen LogP contribution in [0, 0.1) is 23.2 Å². The van der Waals surface area contributed by atoms with Crippen LogP contribution in [0.1, 0.15) is 24.5 Å². The Kier molecular flexibility index (Phi) is 5.37. The first-order valence-electron chi connectivity index (χ1n) is 9.59. The summed E-state index contributed by atoms with van der Waals surface area (Å²) in [7, 11) is 0. The topological polar surface area (TPSA) is 76.2 Å². The molecule has 2 fully saturated rings. The van der Waals surface area contributed by atoms with Crippen molar-refractivity contribution in [2.45, 2.75) is 32.5 Å². The monoisotopic (exact) mass is 367 g/mol. The van der Waals surface area contributed by atoms with E-state index in [0.717, 1.165) is 39.2 Å². The minimum Gasteiger partial charge on any atom is -0.478 e. The zero-order valence-electron chi connectivity index (χ0n) is 15.6. The molecule has 0 unspecified atom stereocenters. The van der Waals surface area contributed by atoms with E-state index in [9.17, 15) is 0 Å². The molecule has 4 heterocycles. The summed E-state index contributed by atoms with van der Waals surface area (Å²) in [4.78, 5) is 6.63. The van der Waals surface area contributed by atoms with E-state index in [-0.39, 0.29) is 0 Å². The lowest BCUT2D eigenvalue weighted by molar-refractivity contribution is 0.0923. The number of ether oxygens (including phenoxy) is 2. The van der Waals surface area contributed by atoms with E-state index in [1.165, 1.54) is 5.56 Å². The maximum absolute atomic E-state index is 8.81. The van der Waals surface area contributed by atoms with Crippen LogP contribution < -0.4 is 4.74 Å². The van der Waals surface area contributed by atoms with Crippen LogP contribution >= 0.6 is 0 Å². The predicted molar refractivity (Wildman–Crippen MR) is 99.0 cm³/mol. The van der Waals surface area contributed by atoms with Gasteiger partial charge in [0.1, 0.15) is 6.07 Å². The third kappa shape index (κ3) is 4.12. The van der Waals surface area contributed by atoms with Crippen LogP contribution in [-0.4, -0.2) is 52.1 Å². The number of aryl methyl sites for hydroxylation is 1. The Hall–Kier alpha value is -2.43. The van der Waals surface area contributed by atoms with Crippen molar-refractivity contribution >= 4 is 0 Å². The molecule has 0 aliphatic carbocycles. The second-order valence-corrected chi connectivity index (χ2v) is 7.33. The van der Waals surface area contributed by atoms with Gasteiger partial charge in [-0.2, -0.15) is 10.4 Å². The minimum absolute atomic E-state index is 0.337. The highest BCUT2D eigenvalue weighted by atomic mass is 16.5. The van der Waals surface area contributed by atoms with Crippen molar-refractivity contribution in [3.05, 3.63) is 41.9 Å². The van der Waals surface area contributed by atoms with E-state index in [1.54, 1.807) is 18.3 Å². The van der Waals surface area contributed by atoms with Gasteiger partial charge < -0.3 is 9.47 Å². The van der Waals surface area contributed by atoms with Crippen molar-refractivity contribution in [2.75, 3.05) is 26.3 Å². The molecule has 2 aromatic heterocycles. The molecule has 0 amide bonds. The molecular formula is C20H25N5O2. The summed E-state index contributed by atoms with van der Waals surface area (Å²) in [6, 6.07) is 5.54. The summed E-state index contributed by atoms with van der Waals surface area (Å²) >= 11 is 0. The molecule has 4 rings (SSSR count). The first kappa shape index (κ1) is 18.0. The molecule has 142 valence electrons. The molecule has 27 heavy (non-hydrogen) atoms. The Bertz CT molecular complexity index is 797. The fourth-order valence-electron chi connectivity index (χ4n) is 4.07. The Morgan fingerprint density at radius 3 is 3.00 bits per heavy atom. The molecule has 0 bridgehead atoms. The molecule has 0 saturated carbocycles. The highest BCUT2D eigenvalue weighted by Crippen LogP contribution is 2.36. The zero-order valence-corrected chi connectivity index (χ0v) is 15.6. The van der Waals surface area contributed by atoms with Gasteiger partial charge in [-0.15, -0.1) is 0 Å². The number of nitrogens with zero attached hydrogens (tertiary/aromatic N) is 5. The number of pyridine rings is 1. The summed E-state index contributed by atoms with van der Waals surface area (Å²) < 4.78 is 13.8. The Morgan fingerprint density at radius 1 is 1.33 bits per heavy atom. The van der Waals surface area contributed by atoms with Crippen LogP contribution in [0.15, 0.2) is 30.7 Å². The lowest BCUT2D eigenvalue weighted by Gasteiger charge is -2.19. The molecule has 2 saturated heterocycles. The second kappa shape index (κ2) is 8.07. The van der Waals surface area contributed by atoms with Crippen LogP contribution in [0.25, 0.3) is 0 Å². The number of likely N-dealkylation sites (tertiary alicyclic amines) is 1. The third-order valence-electron chi connectivity index (χ3n) is 5.54. The lowest BCUT2D eigenvalue weighted by Crippen LogP contribution is -2.24. The fraction of sp³-hybridized carbons (Fsp3) is 0.550. The van der Waals surface area contributed by atoms with Gasteiger partial charge in [-0.1, -0.05) is 0 Å². The van der Waals surface area contributed by atoms with Crippen LogP contribution in [0.3, 0.4) is 0 Å². The highest BCUT2D eigenvalue weighted by molar-refractivity contribution is 5.28. The van der Waals surface area contributed by atoms with Crippen molar-refractivity contribution in [1.29, 1.82) is 5.26 Å². The SMILES string of the molecule is CCn1cc(CN2C[C@H]3[C@@H](CCOc4ccc(C#N)cn4)CO[C@H]3C2)cn1. The molecule has 0 N–H and O–H groups in total. The number of nitriles is 1. The first-order valence-corrected chi connectivity index (χ1v) is 9.59. The van der Waals surface area contributed by atoms with Gasteiger partial charge in [0.05, 0.1) is 31.1 Å². The lowest BCUT2D eigenvalue weighted by atomic mass is 9.91. The Morgan fingerprint density at radius 2 is 2.26 bits per heavy atom. The molecule has 7 heteroatoms. The molecule has 7 nitrogen and oxygen atoms in total. The second-order valence-electron chi connectivity index (χ2n) is 7.33. The van der Waals surface area contributed by atoms with E-state index in [2.05, 4.69) is 34.2 Å². The molecular weight excluding hydrogens is 342 g/mol. The van der Waals surface area contributed by atoms with Crippen molar-refractivity contribution in [1.82, 2.24) is 19.7 Å². The van der Waals surface area contributed by atoms with Crippen LogP contribution in [0.5, 0.6) is 5.88 Å². The van der Waals surface area contributed by atoms with E-state index in [1.807, 2.05) is 10.9 Å². The number of hydrogen-bond donors (Lipinski definition) is 0. The van der Waals surface area contributed by atoms with Gasteiger partial charge in [0.25, 0.3) is 0 Å². The third-order valence-corrected chi connectivity index (χ3v) is 5.54. The normalized spacial score (nSPS) is 24.7. The number of fused-ring (bicyclic) bond motifs is 1. The summed E-state index contributed by atoms with van der Waals surface area (Å²) in [6.07, 6.45) is 6.94. The quantitative estimate of drug-likeness (QED) is 0.746. The minimum atomic E-state index is 0.337. The van der Waals surface area contributed by atoms with Crippen molar-refractivity contribution in [3.63, 3.8) is 0 Å². The van der Waals surface area contributed by atoms with Gasteiger partial charge in [-0.05, 0) is 25.3 Å². The molecule has 2 aliphatic heterocycles. The molecule has 3 atom stereocenters. The molecule has 0 radical (unpaired) electrons. The molecule has 2 aromatic rings. The Balaban J connectivity index is 1.25. The van der Waals surface area contributed by atoms with Crippen molar-refractivity contribution in [3.8, 4) is 11.9 Å². The summed E-state index contributed by atoms with van der Waals surface area (Å²) in [6.45, 7) is 7.46. The average Bonchev–Trinajstić information content (AvgIpc) is 3.40. The maximum atomic E-state index is 8.81. The summed E-state index contributed by atoms with van der Waals surface area (Å²) in [5, 5.41) is 13.2. The van der Waals surface area contributed by atoms with Crippen LogP contribution in [-0.2, 0) is 17.8 Å². The fourth-order valence-corrected chi connectivity index (χ4v) is 4.07. The zero-order chi connectivity index (χ0) is 18.6. The first-order chi connectivity index (χ1) is 13.2. The van der Waals surface area contributed by atoms with Gasteiger partial charge >= 0.3 is 0 Å². The molecule has 2 aliphatic rings. The Labute approximate surface area is 159 Å². The van der Waals surface area contributed by atoms with Crippen LogP contribution in [0.2, 0.25) is 0 Å². The van der Waals surface area contributed by atoms with Gasteiger partial charge in [0.15, 0.2) is 0 Å². The van der Waals surface area contributed by atoms with E-state index in [0.29, 0.717) is 36.0 Å². The largest absolute Gasteiger partial charge is 0.478 e. The molecule has 0 aromatic carbocycles. The number of rotatable bonds is 7. The van der Waals surface area contributed by atoms with E-state index < -0.39 is 0 Å². The molecule has 0 spiro atoms. The van der Waals surface area contributed by atoms with Crippen molar-refractivity contribution < 1.29 is 9.47 Å². The van der Waals surface area contributed by atoms with Crippen molar-refractivity contribution in [2.24, 2.45) is 11.8 Å². The van der Waals surface area contributed by atoms with Gasteiger partial charge in [0, 0.05) is 56.1 Å². The van der Waals surface area contributed by atoms with Gasteiger partial charge in [0.2, 0.25) is 5.88 Å². The van der Waals surface area contributed by atoms with E-state index in [4.69, 9.17) is 14.7 Å². The summed E-state index contributed by atoms with van der Waals surface area (Å²) in [5.41, 5.74) is 1.81. The number of aromatic nitrogens is 3. The average molecular weight is 367 g/mol. The maximum Gasteiger partial charge on any atom is 0.213 e. The van der Waals surface area contributed by atoms with Gasteiger partial charge in [-0.3, -0.25) is 9.58 Å². The predicted octanol–water partition coefficient (Wildman–Crippen LogP) is 2.09. The highest BCUT2D eigenvalue weighted by Gasteiger charge is 2.43. The van der Waals surface area contributed by atoms with Gasteiger partial charge in [-0.25, -0.2) is 4.98 Å². The smallest absolute Gasteiger partial charge is 0.213 e.